The van der Waals surface area contributed by atoms with E-state index in [9.17, 15) is 24.0 Å². The number of nitrogens with zero attached hydrogens (tertiary/aromatic N) is 2. The summed E-state index contributed by atoms with van der Waals surface area (Å²) < 4.78 is 12.1. The number of imide groups is 1. The van der Waals surface area contributed by atoms with Crippen molar-refractivity contribution in [1.82, 2.24) is 15.1 Å². The number of benzene rings is 1. The van der Waals surface area contributed by atoms with E-state index in [0.29, 0.717) is 55.2 Å². The molecule has 0 spiro atoms. The van der Waals surface area contributed by atoms with Gasteiger partial charge in [-0.2, -0.15) is 0 Å². The van der Waals surface area contributed by atoms with Crippen LogP contribution >= 0.6 is 11.8 Å². The number of nitrogens with one attached hydrogen (secondary N) is 2. The van der Waals surface area contributed by atoms with E-state index in [-0.39, 0.29) is 71.8 Å². The fourth-order valence-corrected chi connectivity index (χ4v) is 13.5. The molecule has 13 nitrogen and oxygen atoms in total. The lowest BCUT2D eigenvalue weighted by atomic mass is 9.51. The van der Waals surface area contributed by atoms with Crippen molar-refractivity contribution in [3.05, 3.63) is 42.0 Å². The molecule has 2 N–H and O–H groups in total. The number of anilines is 1. The largest absolute Gasteiger partial charge is 0.446 e. The SMILES string of the molecule is CNC(=O)C1CCC(CN2C(=O)CC(SCCC(=O)N(C)C34CC5CC(C3)C(OO[C@@H]3CCCC(OC(=O)Nc6ccc(COC7CC/C=C\CCCC7)cc6)C3)C(C5)C4)C2=O)CC1. The van der Waals surface area contributed by atoms with Crippen LogP contribution in [0.25, 0.3) is 0 Å². The number of carbonyl (C=O) groups is 5. The number of allylic oxidation sites excluding steroid dienone is 2. The summed E-state index contributed by atoms with van der Waals surface area (Å²) in [6.45, 7) is 0.993. The van der Waals surface area contributed by atoms with E-state index in [4.69, 9.17) is 19.2 Å². The van der Waals surface area contributed by atoms with Crippen LogP contribution in [-0.2, 0) is 45.0 Å². The predicted molar refractivity (Wildman–Crippen MR) is 245 cm³/mol. The second kappa shape index (κ2) is 21.9. The van der Waals surface area contributed by atoms with Crippen LogP contribution in [-0.4, -0.2) is 101 Å². The lowest BCUT2D eigenvalue weighted by Crippen LogP contribution is -2.64. The van der Waals surface area contributed by atoms with Crippen molar-refractivity contribution in [3.63, 3.8) is 0 Å². The smallest absolute Gasteiger partial charge is 0.411 e. The first-order valence-electron chi connectivity index (χ1n) is 24.6. The van der Waals surface area contributed by atoms with Gasteiger partial charge in [-0.15, -0.1) is 11.8 Å². The van der Waals surface area contributed by atoms with Gasteiger partial charge >= 0.3 is 6.09 Å². The summed E-state index contributed by atoms with van der Waals surface area (Å²) in [7, 11) is 3.62. The summed E-state index contributed by atoms with van der Waals surface area (Å²) in [4.78, 5) is 80.9. The van der Waals surface area contributed by atoms with Crippen molar-refractivity contribution in [2.45, 2.75) is 177 Å². The molecule has 6 saturated carbocycles. The Hall–Kier alpha value is -3.46. The van der Waals surface area contributed by atoms with Crippen LogP contribution < -0.4 is 10.6 Å². The van der Waals surface area contributed by atoms with E-state index >= 15 is 0 Å². The van der Waals surface area contributed by atoms with Gasteiger partial charge in [-0.1, -0.05) is 30.7 Å². The molecule has 9 rings (SSSR count). The molecule has 8 aliphatic rings. The number of likely N-dealkylation sites (tertiary alicyclic amines) is 1. The first-order valence-corrected chi connectivity index (χ1v) is 25.7. The summed E-state index contributed by atoms with van der Waals surface area (Å²) in [6.07, 6.45) is 22.6. The lowest BCUT2D eigenvalue weighted by Gasteiger charge is -2.61. The van der Waals surface area contributed by atoms with E-state index in [1.807, 2.05) is 36.2 Å². The zero-order valence-corrected chi connectivity index (χ0v) is 39.0. The Balaban J connectivity index is 0.736. The number of rotatable bonds is 16. The Morgan fingerprint density at radius 2 is 1.56 bits per heavy atom. The van der Waals surface area contributed by atoms with Gasteiger partial charge in [0.05, 0.1) is 30.2 Å². The number of carbonyl (C=O) groups excluding carboxylic acids is 5. The minimum absolute atomic E-state index is 0.0140. The number of ether oxygens (including phenoxy) is 2. The standard InChI is InChI=1S/C50H72N4O9S/c1-51-47(57)36-18-14-33(15-19-36)31-54-45(56)27-43(48(54)58)64-23-22-44(55)53(2)50-28-35-24-37(29-50)46(38(25-35)30-50)63-62-42-13-9-12-41(26-42)61-49(59)52-39-20-16-34(17-21-39)32-60-40-10-7-5-3-4-6-8-11-40/h3,5,16-17,20-21,33,35-38,40-43,46H,4,6-15,18-19,22-32H2,1-2H3,(H,51,57)(H,52,59)/b5-3-/t33?,35?,36?,37?,38?,40?,41?,42-,43?,46?,50?/m1/s1. The fourth-order valence-electron chi connectivity index (χ4n) is 12.4. The van der Waals surface area contributed by atoms with Gasteiger partial charge in [0.15, 0.2) is 0 Å². The third kappa shape index (κ3) is 11.7. The molecule has 1 aliphatic heterocycles. The van der Waals surface area contributed by atoms with Crippen LogP contribution in [0.4, 0.5) is 10.5 Å². The van der Waals surface area contributed by atoms with Crippen molar-refractivity contribution >= 4 is 47.2 Å². The highest BCUT2D eigenvalue weighted by molar-refractivity contribution is 8.00. The molecule has 7 fully saturated rings. The predicted octanol–water partition coefficient (Wildman–Crippen LogP) is 8.50. The van der Waals surface area contributed by atoms with Crippen molar-refractivity contribution in [1.29, 1.82) is 0 Å². The molecule has 5 amide bonds. The van der Waals surface area contributed by atoms with Gasteiger partial charge in [0.2, 0.25) is 23.6 Å². The number of hydrogen-bond acceptors (Lipinski definition) is 10. The van der Waals surface area contributed by atoms with Gasteiger partial charge in [-0.3, -0.25) is 29.4 Å². The summed E-state index contributed by atoms with van der Waals surface area (Å²) in [5.74, 6) is 1.84. The molecule has 1 heterocycles. The molecule has 6 atom stereocenters. The van der Waals surface area contributed by atoms with Crippen LogP contribution in [0.5, 0.6) is 0 Å². The minimum atomic E-state index is -0.462. The number of amides is 5. The Bertz CT molecular complexity index is 1800. The maximum absolute atomic E-state index is 13.8. The van der Waals surface area contributed by atoms with Crippen LogP contribution in [0.3, 0.4) is 0 Å². The third-order valence-electron chi connectivity index (χ3n) is 15.8. The highest BCUT2D eigenvalue weighted by Gasteiger charge is 2.58. The average molecular weight is 905 g/mol. The second-order valence-corrected chi connectivity index (χ2v) is 21.5. The molecule has 7 aliphatic carbocycles. The van der Waals surface area contributed by atoms with E-state index in [1.54, 1.807) is 7.05 Å². The number of thioether (sulfide) groups is 1. The molecule has 64 heavy (non-hydrogen) atoms. The van der Waals surface area contributed by atoms with E-state index in [1.165, 1.54) is 29.5 Å². The van der Waals surface area contributed by atoms with E-state index in [2.05, 4.69) is 22.8 Å². The van der Waals surface area contributed by atoms with Crippen molar-refractivity contribution in [3.8, 4) is 0 Å². The molecule has 1 aromatic rings. The van der Waals surface area contributed by atoms with Crippen LogP contribution in [0, 0.1) is 29.6 Å². The maximum atomic E-state index is 13.8. The van der Waals surface area contributed by atoms with Gasteiger partial charge in [-0.05, 0) is 151 Å². The molecule has 0 radical (unpaired) electrons. The quantitative estimate of drug-likeness (QED) is 0.0715. The Morgan fingerprint density at radius 1 is 0.828 bits per heavy atom. The monoisotopic (exact) mass is 905 g/mol. The lowest BCUT2D eigenvalue weighted by molar-refractivity contribution is -0.387. The topological polar surface area (TPSA) is 153 Å². The van der Waals surface area contributed by atoms with Crippen molar-refractivity contribution in [2.75, 3.05) is 31.7 Å². The van der Waals surface area contributed by atoms with Crippen molar-refractivity contribution < 1.29 is 43.2 Å². The third-order valence-corrected chi connectivity index (χ3v) is 17.0. The molecule has 0 aromatic heterocycles. The molecule has 1 saturated heterocycles. The summed E-state index contributed by atoms with van der Waals surface area (Å²) in [5.41, 5.74) is 1.58. The highest BCUT2D eigenvalue weighted by atomic mass is 32.2. The molecule has 352 valence electrons. The van der Waals surface area contributed by atoms with E-state index < -0.39 is 11.3 Å². The molecule has 14 heteroatoms. The first kappa shape index (κ1) is 47.0. The first-order chi connectivity index (χ1) is 31.1. The zero-order valence-electron chi connectivity index (χ0n) is 38.2. The average Bonchev–Trinajstić information content (AvgIpc) is 3.63. The van der Waals surface area contributed by atoms with Gasteiger partial charge in [0.1, 0.15) is 6.10 Å². The Labute approximate surface area is 384 Å². The molecular formula is C50H72N4O9S. The van der Waals surface area contributed by atoms with Crippen LogP contribution in [0.2, 0.25) is 0 Å². The van der Waals surface area contributed by atoms with E-state index in [0.717, 1.165) is 108 Å². The molecule has 4 bridgehead atoms. The maximum Gasteiger partial charge on any atom is 0.411 e. The summed E-state index contributed by atoms with van der Waals surface area (Å²) in [6, 6.07) is 7.80. The van der Waals surface area contributed by atoms with Gasteiger partial charge < -0.3 is 19.7 Å². The number of hydrogen-bond donors (Lipinski definition) is 2. The summed E-state index contributed by atoms with van der Waals surface area (Å²) in [5, 5.41) is 5.19. The Kier molecular flexibility index (Phi) is 16.1. The Morgan fingerprint density at radius 3 is 2.33 bits per heavy atom. The van der Waals surface area contributed by atoms with Gasteiger partial charge in [0, 0.05) is 62.8 Å². The molecule has 1 aromatic carbocycles. The van der Waals surface area contributed by atoms with Crippen LogP contribution in [0.1, 0.15) is 140 Å². The van der Waals surface area contributed by atoms with Crippen LogP contribution in [0.15, 0.2) is 36.4 Å². The van der Waals surface area contributed by atoms with Gasteiger partial charge in [0.25, 0.3) is 0 Å². The van der Waals surface area contributed by atoms with Crippen molar-refractivity contribution in [2.24, 2.45) is 29.6 Å². The highest BCUT2D eigenvalue weighted by Crippen LogP contribution is 2.58. The minimum Gasteiger partial charge on any atom is -0.446 e. The second-order valence-electron chi connectivity index (χ2n) is 20.2. The summed E-state index contributed by atoms with van der Waals surface area (Å²) >= 11 is 1.44. The molecular weight excluding hydrogens is 833 g/mol. The zero-order chi connectivity index (χ0) is 44.6. The fraction of sp³-hybridized carbons (Fsp3) is 0.740. The van der Waals surface area contributed by atoms with Gasteiger partial charge in [-0.25, -0.2) is 14.6 Å². The normalized spacial score (nSPS) is 34.4. The molecule has 5 unspecified atom stereocenters.